The van der Waals surface area contributed by atoms with E-state index in [2.05, 4.69) is 15.5 Å². The van der Waals surface area contributed by atoms with Crippen molar-refractivity contribution in [2.24, 2.45) is 27.3 Å². The SMILES string of the molecule is NC1=NC2=CN(N)NN2C(N)=N1. The number of fused-ring (bicyclic) bond motifs is 1. The lowest BCUT2D eigenvalue weighted by Crippen LogP contribution is -2.51. The van der Waals surface area contributed by atoms with Crippen molar-refractivity contribution in [3.05, 3.63) is 12.0 Å². The van der Waals surface area contributed by atoms with Gasteiger partial charge in [-0.2, -0.15) is 9.98 Å². The first-order chi connectivity index (χ1) is 5.66. The second-order valence-corrected chi connectivity index (χ2v) is 2.27. The molecular weight excluding hydrogens is 160 g/mol. The number of hydrazine groups is 3. The molecule has 0 aromatic carbocycles. The zero-order chi connectivity index (χ0) is 8.72. The van der Waals surface area contributed by atoms with Gasteiger partial charge in [0.2, 0.25) is 11.9 Å². The van der Waals surface area contributed by atoms with Crippen molar-refractivity contribution >= 4 is 11.9 Å². The molecule has 0 bridgehead atoms. The molecule has 2 heterocycles. The van der Waals surface area contributed by atoms with E-state index >= 15 is 0 Å². The number of nitrogens with one attached hydrogen (secondary N) is 1. The number of nitrogens with two attached hydrogens (primary N) is 3. The van der Waals surface area contributed by atoms with Crippen LogP contribution in [0.3, 0.4) is 0 Å². The fourth-order valence-corrected chi connectivity index (χ4v) is 0.935. The van der Waals surface area contributed by atoms with Gasteiger partial charge >= 0.3 is 0 Å². The third kappa shape index (κ3) is 0.863. The lowest BCUT2D eigenvalue weighted by molar-refractivity contribution is 0.191. The van der Waals surface area contributed by atoms with Crippen LogP contribution in [0.15, 0.2) is 22.0 Å². The van der Waals surface area contributed by atoms with Crippen LogP contribution in [0, 0.1) is 0 Å². The average Bonchev–Trinajstić information content (AvgIpc) is 2.29. The molecule has 0 radical (unpaired) electrons. The van der Waals surface area contributed by atoms with Crippen molar-refractivity contribution in [2.45, 2.75) is 0 Å². The second-order valence-electron chi connectivity index (χ2n) is 2.27. The molecule has 2 aliphatic heterocycles. The first kappa shape index (κ1) is 6.88. The number of hydrogen-bond donors (Lipinski definition) is 4. The molecule has 0 aliphatic carbocycles. The van der Waals surface area contributed by atoms with Gasteiger partial charge < -0.3 is 11.5 Å². The molecule has 2 rings (SSSR count). The van der Waals surface area contributed by atoms with Crippen molar-refractivity contribution < 1.29 is 0 Å². The van der Waals surface area contributed by atoms with Crippen LogP contribution in [0.1, 0.15) is 0 Å². The van der Waals surface area contributed by atoms with Crippen molar-refractivity contribution in [1.29, 1.82) is 0 Å². The first-order valence-corrected chi connectivity index (χ1v) is 3.17. The molecular formula is C4H8N8. The van der Waals surface area contributed by atoms with E-state index in [0.717, 1.165) is 0 Å². The van der Waals surface area contributed by atoms with Crippen molar-refractivity contribution in [2.75, 3.05) is 0 Å². The van der Waals surface area contributed by atoms with E-state index in [-0.39, 0.29) is 11.9 Å². The number of nitrogens with zero attached hydrogens (tertiary/aromatic N) is 4. The predicted molar refractivity (Wildman–Crippen MR) is 42.3 cm³/mol. The number of aliphatic imine (C=N–C) groups is 2. The van der Waals surface area contributed by atoms with Gasteiger partial charge in [0.15, 0.2) is 5.82 Å². The fourth-order valence-electron chi connectivity index (χ4n) is 0.935. The second kappa shape index (κ2) is 2.09. The molecule has 0 unspecified atom stereocenters. The summed E-state index contributed by atoms with van der Waals surface area (Å²) in [5, 5.41) is 2.62. The van der Waals surface area contributed by atoms with Crippen LogP contribution in [0.4, 0.5) is 0 Å². The Bertz CT molecular complexity index is 300. The smallest absolute Gasteiger partial charge is 0.225 e. The van der Waals surface area contributed by atoms with E-state index in [4.69, 9.17) is 17.3 Å². The topological polar surface area (TPSA) is 121 Å². The van der Waals surface area contributed by atoms with Gasteiger partial charge in [0.1, 0.15) is 0 Å². The molecule has 64 valence electrons. The number of guanidine groups is 2. The summed E-state index contributed by atoms with van der Waals surface area (Å²) in [7, 11) is 0. The predicted octanol–water partition coefficient (Wildman–Crippen LogP) is -2.66. The Labute approximate surface area is 67.9 Å². The van der Waals surface area contributed by atoms with Gasteiger partial charge in [0.05, 0.1) is 6.20 Å². The Kier molecular flexibility index (Phi) is 1.20. The van der Waals surface area contributed by atoms with E-state index < -0.39 is 0 Å². The van der Waals surface area contributed by atoms with Gasteiger partial charge in [0.25, 0.3) is 0 Å². The fraction of sp³-hybridized carbons (Fsp3) is 0. The maximum Gasteiger partial charge on any atom is 0.225 e. The summed E-state index contributed by atoms with van der Waals surface area (Å²) >= 11 is 0. The lowest BCUT2D eigenvalue weighted by Gasteiger charge is -2.21. The Morgan fingerprint density at radius 1 is 1.33 bits per heavy atom. The third-order valence-electron chi connectivity index (χ3n) is 1.39. The zero-order valence-corrected chi connectivity index (χ0v) is 6.10. The lowest BCUT2D eigenvalue weighted by atomic mass is 10.6. The van der Waals surface area contributed by atoms with Crippen LogP contribution < -0.4 is 22.8 Å². The van der Waals surface area contributed by atoms with Crippen LogP contribution in [-0.4, -0.2) is 22.0 Å². The minimum atomic E-state index is 0.118. The van der Waals surface area contributed by atoms with Gasteiger partial charge in [-0.3, -0.25) is 0 Å². The summed E-state index contributed by atoms with van der Waals surface area (Å²) in [6.45, 7) is 0. The Balaban J connectivity index is 2.37. The zero-order valence-electron chi connectivity index (χ0n) is 6.10. The Hall–Kier alpha value is -1.80. The quantitative estimate of drug-likeness (QED) is 0.293. The van der Waals surface area contributed by atoms with Crippen molar-refractivity contribution in [1.82, 2.24) is 15.7 Å². The van der Waals surface area contributed by atoms with E-state index in [0.29, 0.717) is 5.82 Å². The molecule has 7 N–H and O–H groups in total. The summed E-state index contributed by atoms with van der Waals surface area (Å²) in [6, 6.07) is 0. The van der Waals surface area contributed by atoms with Gasteiger partial charge in [-0.05, 0) is 0 Å². The average molecular weight is 168 g/mol. The highest BCUT2D eigenvalue weighted by molar-refractivity contribution is 5.96. The number of hydrogen-bond acceptors (Lipinski definition) is 8. The number of rotatable bonds is 0. The highest BCUT2D eigenvalue weighted by Gasteiger charge is 2.25. The molecule has 0 saturated carbocycles. The molecule has 0 spiro atoms. The van der Waals surface area contributed by atoms with Gasteiger partial charge in [-0.1, -0.05) is 0 Å². The minimum absolute atomic E-state index is 0.118. The van der Waals surface area contributed by atoms with Crippen LogP contribution >= 0.6 is 0 Å². The van der Waals surface area contributed by atoms with E-state index in [1.807, 2.05) is 0 Å². The van der Waals surface area contributed by atoms with Crippen LogP contribution in [0.25, 0.3) is 0 Å². The van der Waals surface area contributed by atoms with Crippen LogP contribution in [0.2, 0.25) is 0 Å². The van der Waals surface area contributed by atoms with E-state index in [1.165, 1.54) is 16.3 Å². The van der Waals surface area contributed by atoms with E-state index in [9.17, 15) is 0 Å². The van der Waals surface area contributed by atoms with Gasteiger partial charge in [-0.25, -0.2) is 16.0 Å². The molecule has 8 heteroatoms. The van der Waals surface area contributed by atoms with Crippen molar-refractivity contribution in [3.8, 4) is 0 Å². The normalized spacial score (nSPS) is 21.6. The summed E-state index contributed by atoms with van der Waals surface area (Å²) < 4.78 is 0. The third-order valence-corrected chi connectivity index (χ3v) is 1.39. The maximum atomic E-state index is 5.50. The molecule has 8 nitrogen and oxygen atoms in total. The summed E-state index contributed by atoms with van der Waals surface area (Å²) in [5.74, 6) is 6.23. The summed E-state index contributed by atoms with van der Waals surface area (Å²) in [5.41, 5.74) is 13.5. The molecule has 0 aromatic heterocycles. The van der Waals surface area contributed by atoms with Crippen LogP contribution in [-0.2, 0) is 0 Å². The molecule has 2 aliphatic rings. The van der Waals surface area contributed by atoms with Gasteiger partial charge in [0, 0.05) is 0 Å². The Morgan fingerprint density at radius 2 is 2.08 bits per heavy atom. The molecule has 0 atom stereocenters. The monoisotopic (exact) mass is 168 g/mol. The standard InChI is InChI=1S/C4H8N8/c5-3-8-2-1-11(7)10-12(2)4(6)9-3/h1,10H,7H2,(H4,5,6,8,9). The van der Waals surface area contributed by atoms with Gasteiger partial charge in [-0.15, -0.1) is 5.53 Å². The molecule has 12 heavy (non-hydrogen) atoms. The van der Waals surface area contributed by atoms with Crippen LogP contribution in [0.5, 0.6) is 0 Å². The highest BCUT2D eigenvalue weighted by atomic mass is 15.9. The van der Waals surface area contributed by atoms with Crippen molar-refractivity contribution in [3.63, 3.8) is 0 Å². The minimum Gasteiger partial charge on any atom is -0.368 e. The summed E-state index contributed by atoms with van der Waals surface area (Å²) in [4.78, 5) is 7.60. The molecule has 0 saturated heterocycles. The maximum absolute atomic E-state index is 5.50. The molecule has 0 fully saturated rings. The first-order valence-electron chi connectivity index (χ1n) is 3.17. The summed E-state index contributed by atoms with van der Waals surface area (Å²) in [6.07, 6.45) is 1.54. The molecule has 0 aromatic rings. The molecule has 0 amide bonds. The highest BCUT2D eigenvalue weighted by Crippen LogP contribution is 2.12. The Morgan fingerprint density at radius 3 is 2.83 bits per heavy atom. The van der Waals surface area contributed by atoms with E-state index in [1.54, 1.807) is 0 Å². The largest absolute Gasteiger partial charge is 0.368 e.